The number of hydrogen-bond acceptors (Lipinski definition) is 3. The lowest BCUT2D eigenvalue weighted by Crippen LogP contribution is -1.99. The molecular weight excluding hydrogens is 236 g/mol. The van der Waals surface area contributed by atoms with E-state index in [9.17, 15) is 4.79 Å². The van der Waals surface area contributed by atoms with E-state index in [2.05, 4.69) is 21.0 Å². The van der Waals surface area contributed by atoms with Crippen molar-refractivity contribution in [2.24, 2.45) is 7.05 Å². The molecule has 2 rings (SSSR count). The Balaban J connectivity index is 3.06. The van der Waals surface area contributed by atoms with E-state index < -0.39 is 0 Å². The van der Waals surface area contributed by atoms with Crippen molar-refractivity contribution >= 4 is 27.0 Å². The molecule has 0 aliphatic heterocycles. The van der Waals surface area contributed by atoms with Crippen molar-refractivity contribution in [2.75, 3.05) is 0 Å². The average molecular weight is 243 g/mol. The molecule has 68 valence electrons. The fraction of sp³-hybridized carbons (Fsp3) is 0.250. The van der Waals surface area contributed by atoms with Crippen molar-refractivity contribution in [1.82, 2.24) is 9.78 Å². The third-order valence-corrected chi connectivity index (χ3v) is 2.43. The van der Waals surface area contributed by atoms with Crippen LogP contribution >= 0.6 is 15.9 Å². The Morgan fingerprint density at radius 2 is 2.31 bits per heavy atom. The zero-order valence-corrected chi connectivity index (χ0v) is 8.75. The highest BCUT2D eigenvalue weighted by atomic mass is 79.9. The molecule has 0 atom stereocenters. The monoisotopic (exact) mass is 242 g/mol. The third kappa shape index (κ3) is 1.19. The zero-order chi connectivity index (χ0) is 9.59. The van der Waals surface area contributed by atoms with Gasteiger partial charge in [0.05, 0.1) is 5.39 Å². The standard InChI is InChI=1S/C8H7BrN2O2/c1-4-3-5(12)13-8-6(4)7(9)10-11(8)2/h3H,1-2H3. The molecule has 4 nitrogen and oxygen atoms in total. The molecule has 0 saturated carbocycles. The van der Waals surface area contributed by atoms with Gasteiger partial charge < -0.3 is 4.42 Å². The highest BCUT2D eigenvalue weighted by Gasteiger charge is 2.11. The average Bonchev–Trinajstić information content (AvgIpc) is 2.27. The Kier molecular flexibility index (Phi) is 1.76. The van der Waals surface area contributed by atoms with Crippen LogP contribution in [0.15, 0.2) is 19.9 Å². The minimum atomic E-state index is -0.347. The number of aryl methyl sites for hydroxylation is 2. The fourth-order valence-electron chi connectivity index (χ4n) is 1.30. The number of halogens is 1. The first-order valence-electron chi connectivity index (χ1n) is 3.72. The van der Waals surface area contributed by atoms with Gasteiger partial charge in [-0.05, 0) is 28.4 Å². The predicted octanol–water partition coefficient (Wildman–Crippen LogP) is 1.60. The van der Waals surface area contributed by atoms with Crippen LogP contribution in [-0.4, -0.2) is 9.78 Å². The lowest BCUT2D eigenvalue weighted by molar-refractivity contribution is 0.523. The number of fused-ring (bicyclic) bond motifs is 1. The Hall–Kier alpha value is -1.10. The smallest absolute Gasteiger partial charge is 0.337 e. The molecule has 0 saturated heterocycles. The van der Waals surface area contributed by atoms with Crippen molar-refractivity contribution in [1.29, 1.82) is 0 Å². The second-order valence-electron chi connectivity index (χ2n) is 2.84. The summed E-state index contributed by atoms with van der Waals surface area (Å²) < 4.78 is 7.24. The van der Waals surface area contributed by atoms with E-state index in [0.29, 0.717) is 10.3 Å². The van der Waals surface area contributed by atoms with Crippen LogP contribution in [-0.2, 0) is 7.05 Å². The van der Waals surface area contributed by atoms with Crippen molar-refractivity contribution < 1.29 is 4.42 Å². The van der Waals surface area contributed by atoms with E-state index >= 15 is 0 Å². The van der Waals surface area contributed by atoms with Crippen LogP contribution in [0.3, 0.4) is 0 Å². The van der Waals surface area contributed by atoms with Gasteiger partial charge in [0, 0.05) is 13.1 Å². The Morgan fingerprint density at radius 3 is 3.00 bits per heavy atom. The molecule has 2 aromatic heterocycles. The van der Waals surface area contributed by atoms with Crippen molar-refractivity contribution in [3.63, 3.8) is 0 Å². The van der Waals surface area contributed by atoms with E-state index in [1.807, 2.05) is 6.92 Å². The summed E-state index contributed by atoms with van der Waals surface area (Å²) in [5.41, 5.74) is 1.02. The first-order valence-corrected chi connectivity index (χ1v) is 4.52. The quantitative estimate of drug-likeness (QED) is 0.706. The molecule has 2 aromatic rings. The molecule has 0 aliphatic rings. The van der Waals surface area contributed by atoms with Crippen LogP contribution in [0.2, 0.25) is 0 Å². The molecule has 0 aliphatic carbocycles. The normalized spacial score (nSPS) is 11.0. The molecule has 2 heterocycles. The maximum atomic E-state index is 11.0. The molecule has 0 unspecified atom stereocenters. The second-order valence-corrected chi connectivity index (χ2v) is 3.59. The fourth-order valence-corrected chi connectivity index (χ4v) is 2.02. The first-order chi connectivity index (χ1) is 6.09. The summed E-state index contributed by atoms with van der Waals surface area (Å²) in [6, 6.07) is 1.45. The van der Waals surface area contributed by atoms with Gasteiger partial charge in [0.2, 0.25) is 5.71 Å². The van der Waals surface area contributed by atoms with E-state index in [0.717, 1.165) is 10.9 Å². The summed E-state index contributed by atoms with van der Waals surface area (Å²) in [4.78, 5) is 11.0. The lowest BCUT2D eigenvalue weighted by atomic mass is 10.2. The third-order valence-electron chi connectivity index (χ3n) is 1.88. The summed E-state index contributed by atoms with van der Waals surface area (Å²) in [5.74, 6) is 0. The summed E-state index contributed by atoms with van der Waals surface area (Å²) in [7, 11) is 1.73. The van der Waals surface area contributed by atoms with Gasteiger partial charge >= 0.3 is 5.63 Å². The van der Waals surface area contributed by atoms with Crippen molar-refractivity contribution in [2.45, 2.75) is 6.92 Å². The van der Waals surface area contributed by atoms with Crippen LogP contribution in [0.1, 0.15) is 5.56 Å². The largest absolute Gasteiger partial charge is 0.404 e. The molecular formula is C8H7BrN2O2. The minimum absolute atomic E-state index is 0.347. The number of nitrogens with zero attached hydrogens (tertiary/aromatic N) is 2. The second kappa shape index (κ2) is 2.70. The molecule has 0 spiro atoms. The lowest BCUT2D eigenvalue weighted by Gasteiger charge is -1.93. The maximum Gasteiger partial charge on any atom is 0.337 e. The SMILES string of the molecule is Cc1cc(=O)oc2c1c(Br)nn2C. The Bertz CT molecular complexity index is 527. The highest BCUT2D eigenvalue weighted by Crippen LogP contribution is 2.23. The van der Waals surface area contributed by atoms with Crippen LogP contribution in [0.25, 0.3) is 11.1 Å². The molecule has 0 amide bonds. The Morgan fingerprint density at radius 1 is 1.62 bits per heavy atom. The first kappa shape index (κ1) is 8.50. The van der Waals surface area contributed by atoms with Gasteiger partial charge in [-0.1, -0.05) is 0 Å². The minimum Gasteiger partial charge on any atom is -0.404 e. The van der Waals surface area contributed by atoms with Gasteiger partial charge in [-0.2, -0.15) is 5.10 Å². The predicted molar refractivity (Wildman–Crippen MR) is 51.7 cm³/mol. The number of rotatable bonds is 0. The molecule has 5 heteroatoms. The van der Waals surface area contributed by atoms with Crippen LogP contribution in [0, 0.1) is 6.92 Å². The van der Waals surface area contributed by atoms with Crippen molar-refractivity contribution in [3.8, 4) is 0 Å². The van der Waals surface area contributed by atoms with Crippen LogP contribution in [0.4, 0.5) is 0 Å². The number of hydrogen-bond donors (Lipinski definition) is 0. The molecule has 0 fully saturated rings. The van der Waals surface area contributed by atoms with E-state index in [-0.39, 0.29) is 5.63 Å². The summed E-state index contributed by atoms with van der Waals surface area (Å²) in [6.07, 6.45) is 0. The molecule has 13 heavy (non-hydrogen) atoms. The van der Waals surface area contributed by atoms with Gasteiger partial charge in [-0.15, -0.1) is 0 Å². The zero-order valence-electron chi connectivity index (χ0n) is 7.17. The Labute approximate surface area is 82.3 Å². The van der Waals surface area contributed by atoms with Gasteiger partial charge in [0.15, 0.2) is 0 Å². The topological polar surface area (TPSA) is 48.0 Å². The van der Waals surface area contributed by atoms with Gasteiger partial charge in [-0.3, -0.25) is 0 Å². The van der Waals surface area contributed by atoms with Gasteiger partial charge in [0.25, 0.3) is 0 Å². The molecule has 0 bridgehead atoms. The summed E-state index contributed by atoms with van der Waals surface area (Å²) >= 11 is 3.30. The van der Waals surface area contributed by atoms with E-state index in [1.54, 1.807) is 7.05 Å². The maximum absolute atomic E-state index is 11.0. The molecule has 0 radical (unpaired) electrons. The van der Waals surface area contributed by atoms with Crippen LogP contribution < -0.4 is 5.63 Å². The van der Waals surface area contributed by atoms with Gasteiger partial charge in [0.1, 0.15) is 4.60 Å². The highest BCUT2D eigenvalue weighted by molar-refractivity contribution is 9.10. The number of aromatic nitrogens is 2. The van der Waals surface area contributed by atoms with Gasteiger partial charge in [-0.25, -0.2) is 9.48 Å². The van der Waals surface area contributed by atoms with Crippen LogP contribution in [0.5, 0.6) is 0 Å². The molecule has 0 aromatic carbocycles. The molecule has 0 N–H and O–H groups in total. The summed E-state index contributed by atoms with van der Waals surface area (Å²) in [6.45, 7) is 1.85. The van der Waals surface area contributed by atoms with E-state index in [1.165, 1.54) is 10.7 Å². The summed E-state index contributed by atoms with van der Waals surface area (Å²) in [5, 5.41) is 4.94. The van der Waals surface area contributed by atoms with E-state index in [4.69, 9.17) is 4.42 Å². The van der Waals surface area contributed by atoms with Crippen molar-refractivity contribution in [3.05, 3.63) is 26.7 Å².